The number of nitrogens with zero attached hydrogens (tertiary/aromatic N) is 2. The number of hydrogen-bond donors (Lipinski definition) is 0. The van der Waals surface area contributed by atoms with Crippen molar-refractivity contribution in [2.45, 2.75) is 0 Å². The van der Waals surface area contributed by atoms with Crippen molar-refractivity contribution < 1.29 is 0 Å². The van der Waals surface area contributed by atoms with Gasteiger partial charge in [0.25, 0.3) is 0 Å². The molecule has 0 aliphatic carbocycles. The Morgan fingerprint density at radius 2 is 0.554 bits per heavy atom. The molecule has 0 N–H and O–H groups in total. The van der Waals surface area contributed by atoms with E-state index in [0.29, 0.717) is 0 Å². The van der Waals surface area contributed by atoms with Crippen molar-refractivity contribution in [3.05, 3.63) is 303 Å². The number of para-hydroxylation sites is 4. The van der Waals surface area contributed by atoms with Crippen molar-refractivity contribution in [1.82, 2.24) is 4.57 Å². The first-order valence-corrected chi connectivity index (χ1v) is 25.4. The maximum Gasteiger partial charge on any atom is 0.0541 e. The summed E-state index contributed by atoms with van der Waals surface area (Å²) in [6.45, 7) is 0. The van der Waals surface area contributed by atoms with Gasteiger partial charge in [-0.05, 0) is 133 Å². The Labute approximate surface area is 433 Å². The third-order valence-corrected chi connectivity index (χ3v) is 14.4. The minimum absolute atomic E-state index is 1.06. The standard InChI is InChI=1S/C72H50N2/c1-4-22-51(23-5-1)56-48-57(52-24-6-2-7-25-52)50-58(49-56)53-40-44-59(45-41-53)73(70-37-19-15-33-66(70)65-32-13-12-31-64(65)63-30-11-10-28-61(63)54-26-8-3-9-27-54)60-46-42-55(43-47-60)62-29-14-18-36-69(62)74-71-38-20-16-34-67(71)68-35-17-21-39-72(68)74/h1-50H. The molecule has 0 spiro atoms. The van der Waals surface area contributed by atoms with Gasteiger partial charge in [-0.25, -0.2) is 0 Å². The number of rotatable bonds is 11. The highest BCUT2D eigenvalue weighted by atomic mass is 15.1. The van der Waals surface area contributed by atoms with Gasteiger partial charge in [-0.15, -0.1) is 0 Å². The van der Waals surface area contributed by atoms with Gasteiger partial charge in [-0.2, -0.15) is 0 Å². The minimum Gasteiger partial charge on any atom is -0.310 e. The molecule has 2 nitrogen and oxygen atoms in total. The van der Waals surface area contributed by atoms with Crippen molar-refractivity contribution in [3.63, 3.8) is 0 Å². The number of hydrogen-bond acceptors (Lipinski definition) is 1. The zero-order valence-corrected chi connectivity index (χ0v) is 40.8. The summed E-state index contributed by atoms with van der Waals surface area (Å²) in [5.41, 5.74) is 23.2. The molecule has 0 atom stereocenters. The van der Waals surface area contributed by atoms with Crippen molar-refractivity contribution in [2.24, 2.45) is 0 Å². The number of fused-ring (bicyclic) bond motifs is 3. The predicted molar refractivity (Wildman–Crippen MR) is 314 cm³/mol. The van der Waals surface area contributed by atoms with Gasteiger partial charge in [0.05, 0.1) is 22.4 Å². The van der Waals surface area contributed by atoms with Crippen LogP contribution in [0.25, 0.3) is 105 Å². The molecule has 0 amide bonds. The van der Waals surface area contributed by atoms with Gasteiger partial charge in [0.2, 0.25) is 0 Å². The third-order valence-electron chi connectivity index (χ3n) is 14.4. The van der Waals surface area contributed by atoms with E-state index in [1.807, 2.05) is 0 Å². The van der Waals surface area contributed by atoms with E-state index in [4.69, 9.17) is 0 Å². The molecule has 74 heavy (non-hydrogen) atoms. The van der Waals surface area contributed by atoms with E-state index in [-0.39, 0.29) is 0 Å². The second-order valence-electron chi connectivity index (χ2n) is 18.8. The molecule has 348 valence electrons. The average molecular weight is 943 g/mol. The van der Waals surface area contributed by atoms with E-state index < -0.39 is 0 Å². The van der Waals surface area contributed by atoms with Crippen LogP contribution in [0.2, 0.25) is 0 Å². The Balaban J connectivity index is 0.959. The Bertz CT molecular complexity index is 3990. The smallest absolute Gasteiger partial charge is 0.0541 e. The number of aromatic nitrogens is 1. The monoisotopic (exact) mass is 942 g/mol. The third kappa shape index (κ3) is 8.25. The van der Waals surface area contributed by atoms with Crippen LogP contribution >= 0.6 is 0 Å². The second-order valence-corrected chi connectivity index (χ2v) is 18.8. The van der Waals surface area contributed by atoms with Crippen LogP contribution in [0.5, 0.6) is 0 Å². The summed E-state index contributed by atoms with van der Waals surface area (Å²) in [6.07, 6.45) is 0. The molecule has 2 heteroatoms. The van der Waals surface area contributed by atoms with Crippen molar-refractivity contribution >= 4 is 38.9 Å². The Hall–Kier alpha value is -9.76. The summed E-state index contributed by atoms with van der Waals surface area (Å²) in [6, 6.07) is 110. The highest BCUT2D eigenvalue weighted by Gasteiger charge is 2.22. The zero-order chi connectivity index (χ0) is 49.2. The largest absolute Gasteiger partial charge is 0.310 e. The van der Waals surface area contributed by atoms with Crippen molar-refractivity contribution in [1.29, 1.82) is 0 Å². The lowest BCUT2D eigenvalue weighted by Crippen LogP contribution is -2.11. The van der Waals surface area contributed by atoms with Crippen LogP contribution < -0.4 is 4.90 Å². The normalized spacial score (nSPS) is 11.2. The molecule has 0 bridgehead atoms. The van der Waals surface area contributed by atoms with Gasteiger partial charge in [0.15, 0.2) is 0 Å². The summed E-state index contributed by atoms with van der Waals surface area (Å²) >= 11 is 0. The molecule has 0 fully saturated rings. The van der Waals surface area contributed by atoms with Gasteiger partial charge in [-0.1, -0.05) is 237 Å². The molecule has 0 aliphatic rings. The predicted octanol–water partition coefficient (Wildman–Crippen LogP) is 19.9. The lowest BCUT2D eigenvalue weighted by molar-refractivity contribution is 1.18. The minimum atomic E-state index is 1.06. The molecule has 0 saturated heterocycles. The van der Waals surface area contributed by atoms with Gasteiger partial charge in [0.1, 0.15) is 0 Å². The molecule has 0 unspecified atom stereocenters. The highest BCUT2D eigenvalue weighted by molar-refractivity contribution is 6.10. The van der Waals surface area contributed by atoms with E-state index in [0.717, 1.165) is 45.0 Å². The maximum atomic E-state index is 2.43. The van der Waals surface area contributed by atoms with Crippen molar-refractivity contribution in [3.8, 4) is 83.6 Å². The van der Waals surface area contributed by atoms with Gasteiger partial charge in [0, 0.05) is 33.3 Å². The fraction of sp³-hybridized carbons (Fsp3) is 0. The average Bonchev–Trinajstić information content (AvgIpc) is 3.82. The van der Waals surface area contributed by atoms with Crippen LogP contribution in [0.15, 0.2) is 303 Å². The van der Waals surface area contributed by atoms with Crippen molar-refractivity contribution in [2.75, 3.05) is 4.90 Å². The summed E-state index contributed by atoms with van der Waals surface area (Å²) in [7, 11) is 0. The summed E-state index contributed by atoms with van der Waals surface area (Å²) < 4.78 is 2.42. The van der Waals surface area contributed by atoms with Gasteiger partial charge < -0.3 is 9.47 Å². The molecule has 13 aromatic rings. The molecule has 0 aliphatic heterocycles. The molecule has 12 aromatic carbocycles. The molecule has 1 heterocycles. The maximum absolute atomic E-state index is 2.43. The van der Waals surface area contributed by atoms with Gasteiger partial charge >= 0.3 is 0 Å². The van der Waals surface area contributed by atoms with E-state index in [9.17, 15) is 0 Å². The van der Waals surface area contributed by atoms with Gasteiger partial charge in [-0.3, -0.25) is 0 Å². The summed E-state index contributed by atoms with van der Waals surface area (Å²) in [5.74, 6) is 0. The van der Waals surface area contributed by atoms with Crippen LogP contribution in [0.1, 0.15) is 0 Å². The topological polar surface area (TPSA) is 8.17 Å². The number of benzene rings is 12. The molecule has 0 saturated carbocycles. The zero-order valence-electron chi connectivity index (χ0n) is 40.8. The fourth-order valence-electron chi connectivity index (χ4n) is 10.9. The first-order valence-electron chi connectivity index (χ1n) is 25.4. The first-order chi connectivity index (χ1) is 36.7. The lowest BCUT2D eigenvalue weighted by atomic mass is 9.88. The highest BCUT2D eigenvalue weighted by Crippen LogP contribution is 2.46. The summed E-state index contributed by atoms with van der Waals surface area (Å²) in [4.78, 5) is 2.43. The quantitative estimate of drug-likeness (QED) is 0.125. The van der Waals surface area contributed by atoms with Crippen LogP contribution in [-0.2, 0) is 0 Å². The molecule has 1 aromatic heterocycles. The van der Waals surface area contributed by atoms with Crippen LogP contribution in [0.4, 0.5) is 17.1 Å². The van der Waals surface area contributed by atoms with Crippen LogP contribution in [0.3, 0.4) is 0 Å². The molecule has 0 radical (unpaired) electrons. The van der Waals surface area contributed by atoms with E-state index in [1.165, 1.54) is 77.4 Å². The summed E-state index contributed by atoms with van der Waals surface area (Å²) in [5, 5.41) is 2.50. The van der Waals surface area contributed by atoms with E-state index in [1.54, 1.807) is 0 Å². The Morgan fingerprint density at radius 1 is 0.216 bits per heavy atom. The fourth-order valence-corrected chi connectivity index (χ4v) is 10.9. The second kappa shape index (κ2) is 19.4. The molecule has 13 rings (SSSR count). The first kappa shape index (κ1) is 44.2. The lowest BCUT2D eigenvalue weighted by Gasteiger charge is -2.29. The van der Waals surface area contributed by atoms with Crippen LogP contribution in [0, 0.1) is 0 Å². The SMILES string of the molecule is c1ccc(-c2cc(-c3ccccc3)cc(-c3ccc(N(c4ccc(-c5ccccc5-n5c6ccccc6c6ccccc65)cc4)c4ccccc4-c4ccccc4-c4ccccc4-c4ccccc4)cc3)c2)cc1. The Kier molecular flexibility index (Phi) is 11.6. The molecular formula is C72H50N2. The van der Waals surface area contributed by atoms with Crippen LogP contribution in [-0.4, -0.2) is 4.57 Å². The molecular weight excluding hydrogens is 893 g/mol. The van der Waals surface area contributed by atoms with E-state index in [2.05, 4.69) is 313 Å². The number of anilines is 3. The Morgan fingerprint density at radius 3 is 1.08 bits per heavy atom. The van der Waals surface area contributed by atoms with E-state index >= 15 is 0 Å².